The maximum absolute atomic E-state index is 14.7. The highest BCUT2D eigenvalue weighted by Crippen LogP contribution is 2.46. The highest BCUT2D eigenvalue weighted by atomic mass is 32.2. The van der Waals surface area contributed by atoms with Crippen LogP contribution in [0.15, 0.2) is 18.2 Å². The van der Waals surface area contributed by atoms with Gasteiger partial charge in [0.2, 0.25) is 5.91 Å². The van der Waals surface area contributed by atoms with E-state index in [1.807, 2.05) is 6.92 Å². The summed E-state index contributed by atoms with van der Waals surface area (Å²) in [5.41, 5.74) is -1.26. The first kappa shape index (κ1) is 21.7. The van der Waals surface area contributed by atoms with E-state index >= 15 is 0 Å². The van der Waals surface area contributed by atoms with E-state index in [0.717, 1.165) is 12.8 Å². The second kappa shape index (κ2) is 7.05. The number of amides is 1. The minimum absolute atomic E-state index is 0.0861. The average Bonchev–Trinajstić information content (AvgIpc) is 3.38. The van der Waals surface area contributed by atoms with Gasteiger partial charge < -0.3 is 15.4 Å². The average molecular weight is 426 g/mol. The lowest BCUT2D eigenvalue weighted by Gasteiger charge is -2.44. The molecule has 2 fully saturated rings. The number of hydrogen-bond donors (Lipinski definition) is 3. The normalized spacial score (nSPS) is 29.8. The molecule has 29 heavy (non-hydrogen) atoms. The fourth-order valence-corrected chi connectivity index (χ4v) is 5.40. The van der Waals surface area contributed by atoms with Crippen LogP contribution in [0, 0.1) is 16.6 Å². The first-order valence-corrected chi connectivity index (χ1v) is 11.3. The molecule has 160 valence electrons. The zero-order valence-electron chi connectivity index (χ0n) is 17.2. The van der Waals surface area contributed by atoms with Crippen LogP contribution in [0.25, 0.3) is 0 Å². The van der Waals surface area contributed by atoms with Crippen molar-refractivity contribution in [3.8, 4) is 0 Å². The van der Waals surface area contributed by atoms with Crippen LogP contribution >= 0.6 is 0 Å². The highest BCUT2D eigenvalue weighted by molar-refractivity contribution is 7.93. The van der Waals surface area contributed by atoms with Gasteiger partial charge in [-0.15, -0.1) is 0 Å². The second-order valence-corrected chi connectivity index (χ2v) is 11.1. The van der Waals surface area contributed by atoms with Gasteiger partial charge in [0.1, 0.15) is 16.4 Å². The van der Waals surface area contributed by atoms with E-state index in [9.17, 15) is 17.6 Å². The van der Waals surface area contributed by atoms with Crippen molar-refractivity contribution in [1.29, 1.82) is 5.41 Å². The molecular formula is C20H28FN3O4S. The van der Waals surface area contributed by atoms with Crippen LogP contribution < -0.4 is 10.6 Å². The molecule has 0 bridgehead atoms. The molecule has 3 rings (SSSR count). The van der Waals surface area contributed by atoms with Crippen molar-refractivity contribution in [1.82, 2.24) is 5.32 Å². The summed E-state index contributed by atoms with van der Waals surface area (Å²) >= 11 is 0. The molecule has 0 unspecified atom stereocenters. The fraction of sp³-hybridized carbons (Fsp3) is 0.600. The molecule has 1 amide bonds. The summed E-state index contributed by atoms with van der Waals surface area (Å²) in [4.78, 5) is 12.3. The van der Waals surface area contributed by atoms with Crippen molar-refractivity contribution >= 4 is 27.3 Å². The lowest BCUT2D eigenvalue weighted by atomic mass is 9.91. The van der Waals surface area contributed by atoms with Gasteiger partial charge in [0.15, 0.2) is 9.84 Å². The van der Waals surface area contributed by atoms with E-state index in [0.29, 0.717) is 12.3 Å². The number of hydrogen-bond acceptors (Lipinski definition) is 5. The molecule has 1 aliphatic heterocycles. The van der Waals surface area contributed by atoms with Gasteiger partial charge in [-0.1, -0.05) is 6.92 Å². The molecule has 2 atom stereocenters. The molecule has 0 spiro atoms. The van der Waals surface area contributed by atoms with Crippen LogP contribution in [0.3, 0.4) is 0 Å². The Balaban J connectivity index is 1.93. The zero-order valence-corrected chi connectivity index (χ0v) is 18.0. The van der Waals surface area contributed by atoms with E-state index in [2.05, 4.69) is 10.6 Å². The first-order valence-electron chi connectivity index (χ1n) is 9.66. The van der Waals surface area contributed by atoms with Crippen LogP contribution in [-0.4, -0.2) is 43.9 Å². The van der Waals surface area contributed by atoms with E-state index < -0.39 is 37.1 Å². The molecule has 1 aromatic rings. The lowest BCUT2D eigenvalue weighted by Crippen LogP contribution is -2.66. The van der Waals surface area contributed by atoms with Gasteiger partial charge >= 0.3 is 0 Å². The monoisotopic (exact) mass is 425 g/mol. The third-order valence-corrected chi connectivity index (χ3v) is 8.70. The highest BCUT2D eigenvalue weighted by Gasteiger charge is 2.54. The molecule has 0 aromatic heterocycles. The van der Waals surface area contributed by atoms with Crippen molar-refractivity contribution in [3.63, 3.8) is 0 Å². The number of halogens is 1. The SMILES string of the molecule is CCOC[C@@]1(C)C(=N)N[C@](C)(c2cc(NC(=O)C3(C)CC3)ccc2F)CS1(=O)=O. The predicted molar refractivity (Wildman–Crippen MR) is 109 cm³/mol. The van der Waals surface area contributed by atoms with Crippen molar-refractivity contribution < 1.29 is 22.3 Å². The Kier molecular flexibility index (Phi) is 5.28. The molecule has 1 saturated heterocycles. The number of anilines is 1. The van der Waals surface area contributed by atoms with E-state index in [1.54, 1.807) is 13.8 Å². The number of carbonyl (C=O) groups is 1. The summed E-state index contributed by atoms with van der Waals surface area (Å²) in [6.07, 6.45) is 1.61. The van der Waals surface area contributed by atoms with Crippen LogP contribution in [0.2, 0.25) is 0 Å². The Hall–Kier alpha value is -2.00. The largest absolute Gasteiger partial charge is 0.380 e. The number of sulfone groups is 1. The zero-order chi connectivity index (χ0) is 21.7. The molecule has 1 heterocycles. The Labute approximate surface area is 170 Å². The quantitative estimate of drug-likeness (QED) is 0.649. The maximum atomic E-state index is 14.7. The van der Waals surface area contributed by atoms with Crippen molar-refractivity contribution in [2.45, 2.75) is 50.8 Å². The first-order chi connectivity index (χ1) is 13.4. The van der Waals surface area contributed by atoms with Crippen LogP contribution in [0.5, 0.6) is 0 Å². The summed E-state index contributed by atoms with van der Waals surface area (Å²) < 4.78 is 44.6. The maximum Gasteiger partial charge on any atom is 0.230 e. The van der Waals surface area contributed by atoms with Crippen molar-refractivity contribution in [2.75, 3.05) is 24.3 Å². The van der Waals surface area contributed by atoms with Gasteiger partial charge in [0.05, 0.1) is 17.9 Å². The van der Waals surface area contributed by atoms with E-state index in [1.165, 1.54) is 25.1 Å². The summed E-state index contributed by atoms with van der Waals surface area (Å²) in [5, 5.41) is 14.0. The van der Waals surface area contributed by atoms with Gasteiger partial charge in [0, 0.05) is 23.3 Å². The molecular weight excluding hydrogens is 397 g/mol. The predicted octanol–water partition coefficient (Wildman–Crippen LogP) is 2.57. The molecule has 1 aromatic carbocycles. The molecule has 0 radical (unpaired) electrons. The van der Waals surface area contributed by atoms with Crippen molar-refractivity contribution in [3.05, 3.63) is 29.6 Å². The number of benzene rings is 1. The number of amidine groups is 1. The summed E-state index contributed by atoms with van der Waals surface area (Å²) in [5.74, 6) is -1.38. The standard InChI is InChI=1S/C20H28FN3O4S/c1-5-28-11-20(4)16(22)24-19(3,12-29(20,26)27)14-10-13(6-7-15(14)21)23-17(25)18(2)8-9-18/h6-7,10H,5,8-9,11-12H2,1-4H3,(H2,22,24)(H,23,25)/t19-,20-/m0/s1. The lowest BCUT2D eigenvalue weighted by molar-refractivity contribution is -0.120. The molecule has 7 nitrogen and oxygen atoms in total. The Morgan fingerprint density at radius 3 is 2.52 bits per heavy atom. The topological polar surface area (TPSA) is 108 Å². The van der Waals surface area contributed by atoms with Crippen LogP contribution in [0.1, 0.15) is 46.1 Å². The molecule has 3 N–H and O–H groups in total. The van der Waals surface area contributed by atoms with Gasteiger partial charge in [-0.2, -0.15) is 0 Å². The third kappa shape index (κ3) is 3.77. The van der Waals surface area contributed by atoms with Crippen LogP contribution in [0.4, 0.5) is 10.1 Å². The number of ether oxygens (including phenoxy) is 1. The molecule has 1 aliphatic carbocycles. The van der Waals surface area contributed by atoms with E-state index in [-0.39, 0.29) is 23.9 Å². The minimum atomic E-state index is -3.83. The Bertz CT molecular complexity index is 960. The van der Waals surface area contributed by atoms with Crippen molar-refractivity contribution in [2.24, 2.45) is 5.41 Å². The Morgan fingerprint density at radius 1 is 1.31 bits per heavy atom. The van der Waals surface area contributed by atoms with Gasteiger partial charge in [-0.05, 0) is 51.8 Å². The molecule has 2 aliphatic rings. The Morgan fingerprint density at radius 2 is 1.97 bits per heavy atom. The molecule has 1 saturated carbocycles. The van der Waals surface area contributed by atoms with Gasteiger partial charge in [0.25, 0.3) is 0 Å². The van der Waals surface area contributed by atoms with Crippen LogP contribution in [-0.2, 0) is 24.9 Å². The smallest absolute Gasteiger partial charge is 0.230 e. The molecule has 9 heteroatoms. The van der Waals surface area contributed by atoms with Gasteiger partial charge in [-0.3, -0.25) is 10.2 Å². The van der Waals surface area contributed by atoms with Gasteiger partial charge in [-0.25, -0.2) is 12.8 Å². The number of nitrogens with one attached hydrogen (secondary N) is 3. The summed E-state index contributed by atoms with van der Waals surface area (Å²) in [7, 11) is -3.83. The van der Waals surface area contributed by atoms with E-state index in [4.69, 9.17) is 10.1 Å². The fourth-order valence-electron chi connectivity index (χ4n) is 3.47. The summed E-state index contributed by atoms with van der Waals surface area (Å²) in [6, 6.07) is 4.10. The second-order valence-electron chi connectivity index (χ2n) is 8.67. The number of rotatable bonds is 6. The number of carbonyl (C=O) groups excluding carboxylic acids is 1. The third-order valence-electron chi connectivity index (χ3n) is 6.04. The summed E-state index contributed by atoms with van der Waals surface area (Å²) in [6.45, 7) is 6.78. The minimum Gasteiger partial charge on any atom is -0.380 e.